The van der Waals surface area contributed by atoms with Crippen LogP contribution in [-0.2, 0) is 11.2 Å². The zero-order valence-corrected chi connectivity index (χ0v) is 12.6. The van der Waals surface area contributed by atoms with E-state index in [-0.39, 0.29) is 5.91 Å². The van der Waals surface area contributed by atoms with Crippen molar-refractivity contribution in [3.8, 4) is 6.07 Å². The number of thiophene rings is 1. The van der Waals surface area contributed by atoms with E-state index >= 15 is 0 Å². The van der Waals surface area contributed by atoms with Gasteiger partial charge in [0.15, 0.2) is 0 Å². The van der Waals surface area contributed by atoms with E-state index in [0.717, 1.165) is 0 Å². The fourth-order valence-electron chi connectivity index (χ4n) is 2.20. The molecule has 0 saturated carbocycles. The number of hydrogen-bond acceptors (Lipinski definition) is 3. The largest absolute Gasteiger partial charge is 0.355 e. The fraction of sp³-hybridized carbons (Fsp3) is 0.375. The van der Waals surface area contributed by atoms with Gasteiger partial charge in [0.05, 0.1) is 12.5 Å². The van der Waals surface area contributed by atoms with Crippen LogP contribution in [0.2, 0.25) is 0 Å². The van der Waals surface area contributed by atoms with Crippen molar-refractivity contribution in [2.24, 2.45) is 5.41 Å². The molecule has 1 amide bonds. The second kappa shape index (κ2) is 6.06. The van der Waals surface area contributed by atoms with Crippen LogP contribution in [0.15, 0.2) is 29.6 Å². The maximum atomic E-state index is 12.2. The molecule has 0 aliphatic carbocycles. The first kappa shape index (κ1) is 14.5. The fourth-order valence-corrected chi connectivity index (χ4v) is 3.16. The van der Waals surface area contributed by atoms with E-state index in [9.17, 15) is 4.79 Å². The Morgan fingerprint density at radius 3 is 2.90 bits per heavy atom. The summed E-state index contributed by atoms with van der Waals surface area (Å²) >= 11 is 1.71. The van der Waals surface area contributed by atoms with Crippen molar-refractivity contribution in [2.75, 3.05) is 6.54 Å². The number of benzene rings is 1. The molecule has 1 heterocycles. The summed E-state index contributed by atoms with van der Waals surface area (Å²) < 4.78 is 1.25. The van der Waals surface area contributed by atoms with Gasteiger partial charge in [-0.1, -0.05) is 32.0 Å². The molecule has 0 aliphatic heterocycles. The average molecular weight is 286 g/mol. The third-order valence-electron chi connectivity index (χ3n) is 3.33. The molecule has 0 saturated heterocycles. The maximum absolute atomic E-state index is 12.2. The third-order valence-corrected chi connectivity index (χ3v) is 4.34. The molecule has 0 radical (unpaired) electrons. The molecule has 0 atom stereocenters. The lowest BCUT2D eigenvalue weighted by Crippen LogP contribution is -2.38. The predicted molar refractivity (Wildman–Crippen MR) is 82.5 cm³/mol. The summed E-state index contributed by atoms with van der Waals surface area (Å²) in [6.45, 7) is 4.31. The first-order valence-electron chi connectivity index (χ1n) is 6.65. The Morgan fingerprint density at radius 2 is 2.15 bits per heavy atom. The number of carbonyl (C=O) groups is 1. The van der Waals surface area contributed by atoms with Gasteiger partial charge in [-0.25, -0.2) is 0 Å². The molecule has 0 fully saturated rings. The Balaban J connectivity index is 2.11. The number of hydrogen-bond donors (Lipinski definition) is 1. The quantitative estimate of drug-likeness (QED) is 0.855. The highest BCUT2D eigenvalue weighted by atomic mass is 32.1. The summed E-state index contributed by atoms with van der Waals surface area (Å²) in [7, 11) is 0. The second-order valence-corrected chi connectivity index (χ2v) is 6.39. The van der Waals surface area contributed by atoms with E-state index in [2.05, 4.69) is 22.8 Å². The van der Waals surface area contributed by atoms with Gasteiger partial charge in [-0.2, -0.15) is 5.26 Å². The molecular formula is C16H18N2OS. The highest BCUT2D eigenvalue weighted by Gasteiger charge is 2.28. The highest BCUT2D eigenvalue weighted by Crippen LogP contribution is 2.31. The van der Waals surface area contributed by atoms with Gasteiger partial charge in [0.1, 0.15) is 0 Å². The van der Waals surface area contributed by atoms with Gasteiger partial charge in [-0.3, -0.25) is 4.79 Å². The summed E-state index contributed by atoms with van der Waals surface area (Å²) in [6.07, 6.45) is 1.05. The Hall–Kier alpha value is -1.86. The summed E-state index contributed by atoms with van der Waals surface area (Å²) in [5.74, 6) is 0.00281. The number of nitrogens with zero attached hydrogens (tertiary/aromatic N) is 1. The smallest absolute Gasteiger partial charge is 0.226 e. The van der Waals surface area contributed by atoms with Gasteiger partial charge in [-0.15, -0.1) is 11.3 Å². The number of carbonyl (C=O) groups excluding carboxylic acids is 1. The molecule has 0 unspecified atom stereocenters. The van der Waals surface area contributed by atoms with E-state index in [1.165, 1.54) is 15.6 Å². The van der Waals surface area contributed by atoms with Gasteiger partial charge >= 0.3 is 0 Å². The molecule has 0 spiro atoms. The minimum absolute atomic E-state index is 0.00281. The van der Waals surface area contributed by atoms with Crippen molar-refractivity contribution in [2.45, 2.75) is 26.7 Å². The molecular weight excluding hydrogens is 268 g/mol. The van der Waals surface area contributed by atoms with Crippen LogP contribution in [0.1, 0.15) is 25.8 Å². The number of fused-ring (bicyclic) bond motifs is 1. The van der Waals surface area contributed by atoms with Crippen molar-refractivity contribution in [3.63, 3.8) is 0 Å². The van der Waals surface area contributed by atoms with E-state index in [1.54, 1.807) is 11.3 Å². The van der Waals surface area contributed by atoms with E-state index in [4.69, 9.17) is 5.26 Å². The van der Waals surface area contributed by atoms with Gasteiger partial charge in [0, 0.05) is 16.7 Å². The standard InChI is InChI=1S/C16H18N2OS/c1-16(2,15(19)18-9-5-8-17)10-12-11-20-14-7-4-3-6-13(12)14/h3-4,6-7,11H,5,9-10H2,1-2H3,(H,18,19). The first-order chi connectivity index (χ1) is 9.54. The van der Waals surface area contributed by atoms with Crippen molar-refractivity contribution in [1.82, 2.24) is 5.32 Å². The van der Waals surface area contributed by atoms with E-state index in [0.29, 0.717) is 19.4 Å². The summed E-state index contributed by atoms with van der Waals surface area (Å²) in [6, 6.07) is 10.3. The minimum Gasteiger partial charge on any atom is -0.355 e. The number of rotatable bonds is 5. The predicted octanol–water partition coefficient (Wildman–Crippen LogP) is 3.50. The Labute approximate surface area is 123 Å². The van der Waals surface area contributed by atoms with Gasteiger partial charge in [0.25, 0.3) is 0 Å². The molecule has 2 rings (SSSR count). The van der Waals surface area contributed by atoms with Crippen LogP contribution in [-0.4, -0.2) is 12.5 Å². The van der Waals surface area contributed by atoms with E-state index < -0.39 is 5.41 Å². The topological polar surface area (TPSA) is 52.9 Å². The second-order valence-electron chi connectivity index (χ2n) is 5.48. The summed E-state index contributed by atoms with van der Waals surface area (Å²) in [5.41, 5.74) is 0.741. The van der Waals surface area contributed by atoms with Crippen molar-refractivity contribution in [1.29, 1.82) is 5.26 Å². The Bertz CT molecular complexity index is 652. The van der Waals surface area contributed by atoms with Crippen LogP contribution in [0, 0.1) is 16.7 Å². The molecule has 20 heavy (non-hydrogen) atoms. The molecule has 0 bridgehead atoms. The van der Waals surface area contributed by atoms with Crippen molar-refractivity contribution < 1.29 is 4.79 Å². The molecule has 1 aromatic heterocycles. The number of amides is 1. The van der Waals surface area contributed by atoms with Crippen LogP contribution in [0.5, 0.6) is 0 Å². The number of nitriles is 1. The number of nitrogens with one attached hydrogen (secondary N) is 1. The lowest BCUT2D eigenvalue weighted by molar-refractivity contribution is -0.129. The third kappa shape index (κ3) is 3.17. The average Bonchev–Trinajstić information content (AvgIpc) is 2.82. The molecule has 1 N–H and O–H groups in total. The monoisotopic (exact) mass is 286 g/mol. The normalized spacial score (nSPS) is 11.2. The zero-order chi connectivity index (χ0) is 14.6. The summed E-state index contributed by atoms with van der Waals surface area (Å²) in [4.78, 5) is 12.2. The van der Waals surface area contributed by atoms with Crippen LogP contribution in [0.25, 0.3) is 10.1 Å². The van der Waals surface area contributed by atoms with Gasteiger partial charge < -0.3 is 5.32 Å². The van der Waals surface area contributed by atoms with Gasteiger partial charge in [0.2, 0.25) is 5.91 Å². The zero-order valence-electron chi connectivity index (χ0n) is 11.8. The molecule has 104 valence electrons. The van der Waals surface area contributed by atoms with Crippen LogP contribution in [0.4, 0.5) is 0 Å². The molecule has 0 aliphatic rings. The van der Waals surface area contributed by atoms with Gasteiger partial charge in [-0.05, 0) is 28.8 Å². The first-order valence-corrected chi connectivity index (χ1v) is 7.53. The van der Waals surface area contributed by atoms with E-state index in [1.807, 2.05) is 32.0 Å². The maximum Gasteiger partial charge on any atom is 0.226 e. The molecule has 4 heteroatoms. The molecule has 3 nitrogen and oxygen atoms in total. The van der Waals surface area contributed by atoms with Crippen LogP contribution < -0.4 is 5.32 Å². The van der Waals surface area contributed by atoms with Crippen molar-refractivity contribution >= 4 is 27.3 Å². The molecule has 1 aromatic carbocycles. The Kier molecular flexibility index (Phi) is 4.41. The van der Waals surface area contributed by atoms with Crippen molar-refractivity contribution in [3.05, 3.63) is 35.2 Å². The van der Waals surface area contributed by atoms with Crippen LogP contribution in [0.3, 0.4) is 0 Å². The Morgan fingerprint density at radius 1 is 1.40 bits per heavy atom. The SMILES string of the molecule is CC(C)(Cc1csc2ccccc12)C(=O)NCCC#N. The molecule has 2 aromatic rings. The van der Waals surface area contributed by atoms with Crippen LogP contribution >= 0.6 is 11.3 Å². The summed E-state index contributed by atoms with van der Waals surface area (Å²) in [5, 5.41) is 14.7. The lowest BCUT2D eigenvalue weighted by atomic mass is 9.84. The lowest BCUT2D eigenvalue weighted by Gasteiger charge is -2.23. The highest BCUT2D eigenvalue weighted by molar-refractivity contribution is 7.17. The minimum atomic E-state index is -0.473.